The number of carbonyl (C=O) groups is 2. The van der Waals surface area contributed by atoms with Gasteiger partial charge in [0.2, 0.25) is 0 Å². The number of furan rings is 1. The zero-order valence-corrected chi connectivity index (χ0v) is 17.3. The molecule has 0 aliphatic carbocycles. The maximum atomic E-state index is 12.5. The van der Waals surface area contributed by atoms with E-state index in [-0.39, 0.29) is 17.2 Å². The molecule has 3 aromatic rings. The number of benzene rings is 1. The summed E-state index contributed by atoms with van der Waals surface area (Å²) in [5.41, 5.74) is 3.05. The molecule has 8 heteroatoms. The molecule has 0 bridgehead atoms. The van der Waals surface area contributed by atoms with Crippen LogP contribution in [0, 0.1) is 6.92 Å². The predicted molar refractivity (Wildman–Crippen MR) is 111 cm³/mol. The Bertz CT molecular complexity index is 1100. The Kier molecular flexibility index (Phi) is 5.07. The lowest BCUT2D eigenvalue weighted by Gasteiger charge is -2.19. The fourth-order valence-corrected chi connectivity index (χ4v) is 4.56. The van der Waals surface area contributed by atoms with Gasteiger partial charge in [-0.3, -0.25) is 14.5 Å². The van der Waals surface area contributed by atoms with Crippen LogP contribution in [0.3, 0.4) is 0 Å². The quantitative estimate of drug-likeness (QED) is 0.560. The summed E-state index contributed by atoms with van der Waals surface area (Å²) < 4.78 is 5.81. The summed E-state index contributed by atoms with van der Waals surface area (Å²) in [5, 5.41) is 1.16. The molecular weight excluding hydrogens is 394 g/mol. The highest BCUT2D eigenvalue weighted by Gasteiger charge is 2.37. The van der Waals surface area contributed by atoms with Gasteiger partial charge in [-0.2, -0.15) is 0 Å². The van der Waals surface area contributed by atoms with Crippen molar-refractivity contribution in [3.8, 4) is 0 Å². The van der Waals surface area contributed by atoms with E-state index in [2.05, 4.69) is 9.97 Å². The van der Waals surface area contributed by atoms with Crippen LogP contribution in [0.2, 0.25) is 0 Å². The number of hydrogen-bond acceptors (Lipinski definition) is 6. The Hall–Kier alpha value is -2.45. The van der Waals surface area contributed by atoms with Crippen LogP contribution in [0.5, 0.6) is 0 Å². The smallest absolute Gasteiger partial charge is 0.293 e. The van der Waals surface area contributed by atoms with Crippen molar-refractivity contribution < 1.29 is 14.0 Å². The molecule has 6 nitrogen and oxygen atoms in total. The van der Waals surface area contributed by atoms with E-state index in [1.165, 1.54) is 22.2 Å². The minimum Gasteiger partial charge on any atom is -0.450 e. The van der Waals surface area contributed by atoms with E-state index < -0.39 is 0 Å². The highest BCUT2D eigenvalue weighted by molar-refractivity contribution is 8.18. The minimum absolute atomic E-state index is 0.113. The van der Waals surface area contributed by atoms with E-state index in [9.17, 15) is 9.59 Å². The number of aryl methyl sites for hydroxylation is 1. The van der Waals surface area contributed by atoms with Crippen LogP contribution in [0.4, 0.5) is 4.79 Å². The summed E-state index contributed by atoms with van der Waals surface area (Å²) in [6, 6.07) is 9.55. The Morgan fingerprint density at radius 3 is 2.93 bits per heavy atom. The molecule has 0 spiro atoms. The Balaban J connectivity index is 1.52. The molecule has 1 unspecified atom stereocenters. The van der Waals surface area contributed by atoms with Gasteiger partial charge in [0.05, 0.1) is 15.9 Å². The van der Waals surface area contributed by atoms with Gasteiger partial charge >= 0.3 is 0 Å². The van der Waals surface area contributed by atoms with Crippen LogP contribution in [-0.2, 0) is 4.79 Å². The number of carbonyl (C=O) groups excluding carboxylic acids is 2. The van der Waals surface area contributed by atoms with Crippen molar-refractivity contribution in [2.45, 2.75) is 43.5 Å². The molecule has 1 aliphatic rings. The van der Waals surface area contributed by atoms with Gasteiger partial charge in [0.25, 0.3) is 11.1 Å². The number of aromatic amines is 1. The molecule has 1 saturated heterocycles. The van der Waals surface area contributed by atoms with Crippen molar-refractivity contribution in [1.82, 2.24) is 14.9 Å². The van der Waals surface area contributed by atoms with E-state index in [1.807, 2.05) is 45.0 Å². The SMILES string of the molecule is CCC(C)N1C(=O)SC(=Cc2ccc(Sc3nc4ccc(C)cc4[nH]3)o2)C1=O. The summed E-state index contributed by atoms with van der Waals surface area (Å²) in [7, 11) is 0. The van der Waals surface area contributed by atoms with E-state index in [0.717, 1.165) is 34.4 Å². The summed E-state index contributed by atoms with van der Waals surface area (Å²) in [6.07, 6.45) is 2.35. The fraction of sp³-hybridized carbons (Fsp3) is 0.250. The molecule has 4 rings (SSSR count). The van der Waals surface area contributed by atoms with E-state index >= 15 is 0 Å². The molecule has 0 saturated carbocycles. The second-order valence-corrected chi connectivity index (χ2v) is 8.62. The molecule has 1 aromatic carbocycles. The largest absolute Gasteiger partial charge is 0.450 e. The Morgan fingerprint density at radius 2 is 2.14 bits per heavy atom. The monoisotopic (exact) mass is 413 g/mol. The zero-order valence-electron chi connectivity index (χ0n) is 15.7. The second kappa shape index (κ2) is 7.52. The molecule has 1 aliphatic heterocycles. The van der Waals surface area contributed by atoms with Crippen molar-refractivity contribution in [2.24, 2.45) is 0 Å². The van der Waals surface area contributed by atoms with Gasteiger partial charge in [-0.05, 0) is 73.6 Å². The zero-order chi connectivity index (χ0) is 19.8. The third kappa shape index (κ3) is 3.62. The van der Waals surface area contributed by atoms with Gasteiger partial charge in [0, 0.05) is 12.1 Å². The molecular formula is C20H19N3O3S2. The number of amides is 2. The van der Waals surface area contributed by atoms with Gasteiger partial charge < -0.3 is 9.40 Å². The van der Waals surface area contributed by atoms with Crippen molar-refractivity contribution in [1.29, 1.82) is 0 Å². The number of imide groups is 1. The molecule has 144 valence electrons. The molecule has 28 heavy (non-hydrogen) atoms. The number of nitrogens with one attached hydrogen (secondary N) is 1. The maximum Gasteiger partial charge on any atom is 0.293 e. The molecule has 1 fully saturated rings. The normalized spacial score (nSPS) is 17.2. The highest BCUT2D eigenvalue weighted by atomic mass is 32.2. The first kappa shape index (κ1) is 18.9. The summed E-state index contributed by atoms with van der Waals surface area (Å²) >= 11 is 2.33. The molecule has 3 heterocycles. The average molecular weight is 414 g/mol. The van der Waals surface area contributed by atoms with E-state index in [1.54, 1.807) is 12.1 Å². The van der Waals surface area contributed by atoms with Gasteiger partial charge in [-0.25, -0.2) is 4.98 Å². The first-order valence-electron chi connectivity index (χ1n) is 8.95. The first-order valence-corrected chi connectivity index (χ1v) is 10.6. The summed E-state index contributed by atoms with van der Waals surface area (Å²) in [4.78, 5) is 34.1. The van der Waals surface area contributed by atoms with Gasteiger partial charge in [-0.15, -0.1) is 0 Å². The number of rotatable bonds is 5. The minimum atomic E-state index is -0.261. The molecule has 0 radical (unpaired) electrons. The van der Waals surface area contributed by atoms with Crippen LogP contribution in [0.15, 0.2) is 49.9 Å². The predicted octanol–water partition coefficient (Wildman–Crippen LogP) is 5.45. The van der Waals surface area contributed by atoms with Gasteiger partial charge in [0.1, 0.15) is 5.76 Å². The van der Waals surface area contributed by atoms with Gasteiger partial charge in [-0.1, -0.05) is 13.0 Å². The van der Waals surface area contributed by atoms with Crippen LogP contribution in [-0.4, -0.2) is 32.1 Å². The third-order valence-corrected chi connectivity index (χ3v) is 6.23. The number of H-pyrrole nitrogens is 1. The van der Waals surface area contributed by atoms with Crippen LogP contribution < -0.4 is 0 Å². The van der Waals surface area contributed by atoms with Crippen LogP contribution in [0.1, 0.15) is 31.6 Å². The third-order valence-electron chi connectivity index (χ3n) is 4.54. The lowest BCUT2D eigenvalue weighted by atomic mass is 10.2. The number of thioether (sulfide) groups is 1. The van der Waals surface area contributed by atoms with Crippen LogP contribution >= 0.6 is 23.5 Å². The Morgan fingerprint density at radius 1 is 1.32 bits per heavy atom. The van der Waals surface area contributed by atoms with E-state index in [4.69, 9.17) is 4.42 Å². The highest BCUT2D eigenvalue weighted by Crippen LogP contribution is 2.35. The lowest BCUT2D eigenvalue weighted by Crippen LogP contribution is -2.36. The average Bonchev–Trinajstić information content (AvgIpc) is 3.33. The van der Waals surface area contributed by atoms with Crippen molar-refractivity contribution in [3.05, 3.63) is 46.6 Å². The second-order valence-electron chi connectivity index (χ2n) is 6.63. The van der Waals surface area contributed by atoms with Crippen molar-refractivity contribution >= 4 is 51.8 Å². The van der Waals surface area contributed by atoms with Crippen LogP contribution in [0.25, 0.3) is 17.1 Å². The summed E-state index contributed by atoms with van der Waals surface area (Å²) in [5.74, 6) is 0.270. The van der Waals surface area contributed by atoms with Crippen molar-refractivity contribution in [2.75, 3.05) is 0 Å². The standard InChI is InChI=1S/C20H19N3O3S2/c1-4-12(3)23-18(24)16(27-20(23)25)10-13-6-8-17(26-13)28-19-21-14-7-5-11(2)9-15(14)22-19/h5-10,12H,4H2,1-3H3,(H,21,22). The lowest BCUT2D eigenvalue weighted by molar-refractivity contribution is -0.124. The van der Waals surface area contributed by atoms with E-state index in [0.29, 0.717) is 15.8 Å². The van der Waals surface area contributed by atoms with Gasteiger partial charge in [0.15, 0.2) is 10.2 Å². The molecule has 1 atom stereocenters. The molecule has 2 amide bonds. The number of aromatic nitrogens is 2. The molecule has 1 N–H and O–H groups in total. The first-order chi connectivity index (χ1) is 13.4. The number of nitrogens with zero attached hydrogens (tertiary/aromatic N) is 2. The summed E-state index contributed by atoms with van der Waals surface area (Å²) in [6.45, 7) is 5.86. The maximum absolute atomic E-state index is 12.5. The number of fused-ring (bicyclic) bond motifs is 1. The van der Waals surface area contributed by atoms with Crippen molar-refractivity contribution in [3.63, 3.8) is 0 Å². The topological polar surface area (TPSA) is 79.2 Å². The fourth-order valence-electron chi connectivity index (χ4n) is 2.88. The Labute approximate surface area is 170 Å². The molecule has 2 aromatic heterocycles. The number of imidazole rings is 1. The number of hydrogen-bond donors (Lipinski definition) is 1.